The van der Waals surface area contributed by atoms with Gasteiger partial charge in [-0.25, -0.2) is 10.4 Å². The number of aromatic amines is 1. The van der Waals surface area contributed by atoms with Crippen molar-refractivity contribution in [3.8, 4) is 5.75 Å². The van der Waals surface area contributed by atoms with Crippen molar-refractivity contribution in [1.82, 2.24) is 9.97 Å². The Hall–Kier alpha value is -1.86. The van der Waals surface area contributed by atoms with Gasteiger partial charge in [-0.1, -0.05) is 28.1 Å². The number of nitrogens with zero attached hydrogens (tertiary/aromatic N) is 2. The molecule has 2 aromatic carbocycles. The van der Waals surface area contributed by atoms with Crippen molar-refractivity contribution < 1.29 is 4.74 Å². The van der Waals surface area contributed by atoms with Gasteiger partial charge in [0, 0.05) is 10.0 Å². The number of anilines is 1. The molecule has 0 atom stereocenters. The first-order valence-corrected chi connectivity index (χ1v) is 8.03. The van der Waals surface area contributed by atoms with Crippen molar-refractivity contribution in [1.29, 1.82) is 0 Å². The number of nitrogens with one attached hydrogen (secondary N) is 2. The number of fused-ring (bicyclic) bond motifs is 1. The van der Waals surface area contributed by atoms with Gasteiger partial charge in [-0.15, -0.1) is 0 Å². The summed E-state index contributed by atoms with van der Waals surface area (Å²) >= 11 is 6.91. The van der Waals surface area contributed by atoms with Crippen LogP contribution in [0.4, 0.5) is 5.95 Å². The monoisotopic (exact) mass is 422 g/mol. The fourth-order valence-corrected chi connectivity index (χ4v) is 3.48. The molecule has 0 radical (unpaired) electrons. The summed E-state index contributed by atoms with van der Waals surface area (Å²) in [5, 5.41) is 4.21. The number of benzene rings is 2. The van der Waals surface area contributed by atoms with Gasteiger partial charge in [0.25, 0.3) is 0 Å². The van der Waals surface area contributed by atoms with Crippen molar-refractivity contribution >= 4 is 55.1 Å². The van der Waals surface area contributed by atoms with Gasteiger partial charge in [0.05, 0.1) is 28.8 Å². The van der Waals surface area contributed by atoms with E-state index < -0.39 is 0 Å². The quantitative estimate of drug-likeness (QED) is 0.478. The number of hydrazone groups is 1. The van der Waals surface area contributed by atoms with E-state index in [4.69, 9.17) is 4.74 Å². The molecule has 0 unspecified atom stereocenters. The molecule has 0 aliphatic heterocycles. The highest BCUT2D eigenvalue weighted by Gasteiger charge is 2.07. The van der Waals surface area contributed by atoms with Crippen molar-refractivity contribution in [2.24, 2.45) is 5.10 Å². The zero-order chi connectivity index (χ0) is 15.5. The Morgan fingerprint density at radius 2 is 2.09 bits per heavy atom. The third-order valence-corrected chi connectivity index (χ3v) is 4.05. The van der Waals surface area contributed by atoms with E-state index in [1.54, 1.807) is 13.3 Å². The van der Waals surface area contributed by atoms with Gasteiger partial charge in [-0.05, 0) is 40.2 Å². The predicted molar refractivity (Wildman–Crippen MR) is 95.7 cm³/mol. The minimum Gasteiger partial charge on any atom is -0.495 e. The zero-order valence-corrected chi connectivity index (χ0v) is 14.8. The SMILES string of the molecule is COc1c(Br)cc(Br)cc1/C=N\Nc1nc2ccccc2[nH]1. The number of ether oxygens (including phenoxy) is 1. The first-order chi connectivity index (χ1) is 10.7. The Balaban J connectivity index is 1.82. The molecule has 3 aromatic rings. The van der Waals surface area contributed by atoms with Crippen LogP contribution in [0.1, 0.15) is 5.56 Å². The molecule has 0 aliphatic rings. The van der Waals surface area contributed by atoms with Gasteiger partial charge < -0.3 is 9.72 Å². The van der Waals surface area contributed by atoms with Crippen LogP contribution in [0.15, 0.2) is 50.4 Å². The highest BCUT2D eigenvalue weighted by molar-refractivity contribution is 9.11. The summed E-state index contributed by atoms with van der Waals surface area (Å²) < 4.78 is 7.16. The highest BCUT2D eigenvalue weighted by atomic mass is 79.9. The summed E-state index contributed by atoms with van der Waals surface area (Å²) in [6.45, 7) is 0. The fourth-order valence-electron chi connectivity index (χ4n) is 2.06. The zero-order valence-electron chi connectivity index (χ0n) is 11.6. The van der Waals surface area contributed by atoms with E-state index in [9.17, 15) is 0 Å². The summed E-state index contributed by atoms with van der Waals surface area (Å²) in [5.74, 6) is 1.31. The van der Waals surface area contributed by atoms with Crippen LogP contribution in [0.3, 0.4) is 0 Å². The smallest absolute Gasteiger partial charge is 0.222 e. The average molecular weight is 424 g/mol. The van der Waals surface area contributed by atoms with Crippen LogP contribution in [0, 0.1) is 0 Å². The third kappa shape index (κ3) is 3.15. The minimum atomic E-state index is 0.588. The maximum Gasteiger partial charge on any atom is 0.222 e. The summed E-state index contributed by atoms with van der Waals surface area (Å²) in [5.41, 5.74) is 5.58. The molecule has 22 heavy (non-hydrogen) atoms. The molecule has 7 heteroatoms. The Morgan fingerprint density at radius 1 is 1.27 bits per heavy atom. The van der Waals surface area contributed by atoms with Crippen LogP contribution in [0.5, 0.6) is 5.75 Å². The molecule has 0 amide bonds. The Labute approximate surface area is 144 Å². The van der Waals surface area contributed by atoms with Crippen LogP contribution in [0.25, 0.3) is 11.0 Å². The standard InChI is InChI=1S/C15H12Br2N4O/c1-22-14-9(6-10(16)7-11(14)17)8-18-21-15-19-12-4-2-3-5-13(12)20-15/h2-8H,1H3,(H2,19,20,21)/b18-8-. The second-order valence-electron chi connectivity index (χ2n) is 4.48. The largest absolute Gasteiger partial charge is 0.495 e. The summed E-state index contributed by atoms with van der Waals surface area (Å²) in [4.78, 5) is 7.54. The number of H-pyrrole nitrogens is 1. The summed E-state index contributed by atoms with van der Waals surface area (Å²) in [6, 6.07) is 11.6. The number of aromatic nitrogens is 2. The Kier molecular flexibility index (Phi) is 4.44. The summed E-state index contributed by atoms with van der Waals surface area (Å²) in [7, 11) is 1.62. The normalized spacial score (nSPS) is 11.2. The maximum absolute atomic E-state index is 5.37. The molecule has 1 heterocycles. The van der Waals surface area contributed by atoms with Crippen LogP contribution in [0.2, 0.25) is 0 Å². The van der Waals surface area contributed by atoms with Gasteiger partial charge in [0.1, 0.15) is 5.75 Å². The number of hydrogen-bond donors (Lipinski definition) is 2. The molecule has 0 saturated carbocycles. The topological polar surface area (TPSA) is 62.3 Å². The second kappa shape index (κ2) is 6.50. The van der Waals surface area contributed by atoms with E-state index >= 15 is 0 Å². The van der Waals surface area contributed by atoms with Crippen molar-refractivity contribution in [3.63, 3.8) is 0 Å². The third-order valence-electron chi connectivity index (χ3n) is 3.00. The van der Waals surface area contributed by atoms with E-state index in [1.165, 1.54) is 0 Å². The molecule has 0 spiro atoms. The molecule has 2 N–H and O–H groups in total. The maximum atomic E-state index is 5.37. The minimum absolute atomic E-state index is 0.588. The lowest BCUT2D eigenvalue weighted by atomic mass is 10.2. The van der Waals surface area contributed by atoms with Crippen molar-refractivity contribution in [2.75, 3.05) is 12.5 Å². The molecule has 0 aliphatic carbocycles. The lowest BCUT2D eigenvalue weighted by Crippen LogP contribution is -1.96. The molecule has 5 nitrogen and oxygen atoms in total. The lowest BCUT2D eigenvalue weighted by molar-refractivity contribution is 0.411. The number of para-hydroxylation sites is 2. The first-order valence-electron chi connectivity index (χ1n) is 6.44. The van der Waals surface area contributed by atoms with Crippen LogP contribution in [-0.4, -0.2) is 23.3 Å². The van der Waals surface area contributed by atoms with Gasteiger partial charge >= 0.3 is 0 Å². The molecule has 0 bridgehead atoms. The number of methoxy groups -OCH3 is 1. The Morgan fingerprint density at radius 3 is 2.86 bits per heavy atom. The number of halogens is 2. The Bertz CT molecular complexity index is 812. The van der Waals surface area contributed by atoms with Crippen LogP contribution >= 0.6 is 31.9 Å². The van der Waals surface area contributed by atoms with Crippen molar-refractivity contribution in [2.45, 2.75) is 0 Å². The van der Waals surface area contributed by atoms with Crippen LogP contribution < -0.4 is 10.2 Å². The molecule has 1 aromatic heterocycles. The van der Waals surface area contributed by atoms with E-state index in [-0.39, 0.29) is 0 Å². The second-order valence-corrected chi connectivity index (χ2v) is 6.25. The highest BCUT2D eigenvalue weighted by Crippen LogP contribution is 2.31. The first kappa shape index (κ1) is 15.1. The number of imidazole rings is 1. The van der Waals surface area contributed by atoms with E-state index in [1.807, 2.05) is 36.4 Å². The molecule has 3 rings (SSSR count). The van der Waals surface area contributed by atoms with Gasteiger partial charge in [0.2, 0.25) is 5.95 Å². The van der Waals surface area contributed by atoms with Gasteiger partial charge in [0.15, 0.2) is 0 Å². The van der Waals surface area contributed by atoms with E-state index in [2.05, 4.69) is 52.4 Å². The average Bonchev–Trinajstić information content (AvgIpc) is 2.89. The fraction of sp³-hybridized carbons (Fsp3) is 0.0667. The van der Waals surface area contributed by atoms with Crippen molar-refractivity contribution in [3.05, 3.63) is 50.9 Å². The number of hydrogen-bond acceptors (Lipinski definition) is 4. The molecular weight excluding hydrogens is 412 g/mol. The van der Waals surface area contributed by atoms with E-state index in [0.717, 1.165) is 31.3 Å². The molecule has 0 saturated heterocycles. The predicted octanol–water partition coefficient (Wildman–Crippen LogP) is 4.54. The van der Waals surface area contributed by atoms with Gasteiger partial charge in [-0.3, -0.25) is 0 Å². The summed E-state index contributed by atoms with van der Waals surface area (Å²) in [6.07, 6.45) is 1.68. The molecule has 0 fully saturated rings. The van der Waals surface area contributed by atoms with Gasteiger partial charge in [-0.2, -0.15) is 5.10 Å². The number of rotatable bonds is 4. The van der Waals surface area contributed by atoms with E-state index in [0.29, 0.717) is 5.95 Å². The molecular formula is C15H12Br2N4O. The lowest BCUT2D eigenvalue weighted by Gasteiger charge is -2.07. The van der Waals surface area contributed by atoms with Crippen LogP contribution in [-0.2, 0) is 0 Å². The molecule has 112 valence electrons.